The molecule has 0 bridgehead atoms. The van der Waals surface area contributed by atoms with Crippen LogP contribution >= 0.6 is 12.2 Å². The Morgan fingerprint density at radius 2 is 1.90 bits per heavy atom. The summed E-state index contributed by atoms with van der Waals surface area (Å²) in [4.78, 5) is 2.61. The zero-order valence-electron chi connectivity index (χ0n) is 12.2. The first-order chi connectivity index (χ1) is 10.2. The van der Waals surface area contributed by atoms with Crippen LogP contribution in [0.1, 0.15) is 12.0 Å². The van der Waals surface area contributed by atoms with Gasteiger partial charge in [-0.05, 0) is 30.7 Å². The molecule has 110 valence electrons. The summed E-state index contributed by atoms with van der Waals surface area (Å²) in [5.74, 6) is 0.913. The van der Waals surface area contributed by atoms with Gasteiger partial charge in [0.25, 0.3) is 0 Å². The molecule has 0 heterocycles. The van der Waals surface area contributed by atoms with Gasteiger partial charge in [-0.2, -0.15) is 0 Å². The first-order valence-electron chi connectivity index (χ1n) is 6.95. The number of hydrogen-bond donors (Lipinski definition) is 1. The maximum absolute atomic E-state index is 5.69. The lowest BCUT2D eigenvalue weighted by atomic mass is 10.2. The topological polar surface area (TPSA) is 38.5 Å². The first kappa shape index (κ1) is 15.3. The second kappa shape index (κ2) is 7.64. The average Bonchev–Trinajstić information content (AvgIpc) is 2.52. The molecule has 0 atom stereocenters. The van der Waals surface area contributed by atoms with Crippen molar-refractivity contribution in [2.45, 2.75) is 6.42 Å². The number of anilines is 1. The van der Waals surface area contributed by atoms with Gasteiger partial charge in [0.15, 0.2) is 0 Å². The van der Waals surface area contributed by atoms with E-state index < -0.39 is 0 Å². The summed E-state index contributed by atoms with van der Waals surface area (Å²) in [5.41, 5.74) is 7.67. The molecule has 0 aliphatic carbocycles. The fourth-order valence-electron chi connectivity index (χ4n) is 2.03. The van der Waals surface area contributed by atoms with Crippen LogP contribution in [0.25, 0.3) is 0 Å². The summed E-state index contributed by atoms with van der Waals surface area (Å²) >= 11 is 5.01. The van der Waals surface area contributed by atoms with Crippen LogP contribution in [0, 0.1) is 0 Å². The maximum atomic E-state index is 5.69. The third kappa shape index (κ3) is 4.76. The van der Waals surface area contributed by atoms with Crippen LogP contribution in [-0.2, 0) is 0 Å². The molecular formula is C17H20N2OS. The second-order valence-electron chi connectivity index (χ2n) is 4.85. The van der Waals surface area contributed by atoms with E-state index in [1.807, 2.05) is 48.5 Å². The van der Waals surface area contributed by atoms with Crippen molar-refractivity contribution in [3.8, 4) is 5.75 Å². The Labute approximate surface area is 131 Å². The van der Waals surface area contributed by atoms with Crippen LogP contribution in [0.5, 0.6) is 5.75 Å². The van der Waals surface area contributed by atoms with Gasteiger partial charge < -0.3 is 15.4 Å². The first-order valence-corrected chi connectivity index (χ1v) is 7.36. The summed E-state index contributed by atoms with van der Waals surface area (Å²) in [6.07, 6.45) is 0.947. The number of para-hydroxylation sites is 1. The smallest absolute Gasteiger partial charge is 0.119 e. The maximum Gasteiger partial charge on any atom is 0.119 e. The minimum atomic E-state index is 0.428. The van der Waals surface area contributed by atoms with Crippen LogP contribution in [0.3, 0.4) is 0 Å². The van der Waals surface area contributed by atoms with Gasteiger partial charge in [0, 0.05) is 24.8 Å². The quantitative estimate of drug-likeness (QED) is 0.629. The van der Waals surface area contributed by atoms with E-state index in [1.165, 1.54) is 0 Å². The van der Waals surface area contributed by atoms with E-state index in [-0.39, 0.29) is 0 Å². The second-order valence-corrected chi connectivity index (χ2v) is 5.29. The van der Waals surface area contributed by atoms with Crippen molar-refractivity contribution in [1.29, 1.82) is 0 Å². The third-order valence-electron chi connectivity index (χ3n) is 3.22. The lowest BCUT2D eigenvalue weighted by molar-refractivity contribution is 0.312. The summed E-state index contributed by atoms with van der Waals surface area (Å²) in [6, 6.07) is 17.8. The fourth-order valence-corrected chi connectivity index (χ4v) is 2.16. The summed E-state index contributed by atoms with van der Waals surface area (Å²) in [7, 11) is 2.06. The Kier molecular flexibility index (Phi) is 5.58. The molecule has 0 aromatic heterocycles. The Balaban J connectivity index is 1.80. The van der Waals surface area contributed by atoms with Crippen LogP contribution < -0.4 is 15.4 Å². The van der Waals surface area contributed by atoms with Crippen molar-refractivity contribution in [3.63, 3.8) is 0 Å². The SMILES string of the molecule is CN(CCCOc1ccccc1)c1cccc(C(N)=S)c1. The van der Waals surface area contributed by atoms with E-state index in [1.54, 1.807) is 0 Å². The summed E-state index contributed by atoms with van der Waals surface area (Å²) < 4.78 is 5.69. The van der Waals surface area contributed by atoms with Crippen molar-refractivity contribution >= 4 is 22.9 Å². The molecule has 0 saturated carbocycles. The molecule has 0 spiro atoms. The van der Waals surface area contributed by atoms with Gasteiger partial charge in [0.05, 0.1) is 6.61 Å². The van der Waals surface area contributed by atoms with Crippen LogP contribution in [0.2, 0.25) is 0 Å². The Morgan fingerprint density at radius 3 is 2.62 bits per heavy atom. The highest BCUT2D eigenvalue weighted by atomic mass is 32.1. The predicted molar refractivity (Wildman–Crippen MR) is 92.2 cm³/mol. The van der Waals surface area contributed by atoms with Crippen molar-refractivity contribution in [2.24, 2.45) is 5.73 Å². The molecule has 0 saturated heterocycles. The van der Waals surface area contributed by atoms with Crippen LogP contribution in [0.15, 0.2) is 54.6 Å². The van der Waals surface area contributed by atoms with E-state index in [4.69, 9.17) is 22.7 Å². The molecule has 2 aromatic rings. The number of ether oxygens (including phenoxy) is 1. The van der Waals surface area contributed by atoms with Crippen LogP contribution in [-0.4, -0.2) is 25.2 Å². The molecule has 0 amide bonds. The van der Waals surface area contributed by atoms with E-state index in [0.29, 0.717) is 11.6 Å². The fraction of sp³-hybridized carbons (Fsp3) is 0.235. The van der Waals surface area contributed by atoms with Gasteiger partial charge in [0.2, 0.25) is 0 Å². The zero-order chi connectivity index (χ0) is 15.1. The molecule has 0 unspecified atom stereocenters. The summed E-state index contributed by atoms with van der Waals surface area (Å²) in [5, 5.41) is 0. The number of thiocarbonyl (C=S) groups is 1. The van der Waals surface area contributed by atoms with Gasteiger partial charge in [-0.3, -0.25) is 0 Å². The molecule has 0 aliphatic heterocycles. The Morgan fingerprint density at radius 1 is 1.14 bits per heavy atom. The predicted octanol–water partition coefficient (Wildman–Crippen LogP) is 3.23. The standard InChI is InChI=1S/C17H20N2OS/c1-19(15-8-5-7-14(13-15)17(18)21)11-6-12-20-16-9-3-2-4-10-16/h2-5,7-10,13H,6,11-12H2,1H3,(H2,18,21). The average molecular weight is 300 g/mol. The van der Waals surface area contributed by atoms with Crippen molar-refractivity contribution in [2.75, 3.05) is 25.1 Å². The van der Waals surface area contributed by atoms with E-state index in [0.717, 1.165) is 30.0 Å². The zero-order valence-corrected chi connectivity index (χ0v) is 13.0. The number of benzene rings is 2. The molecule has 0 aliphatic rings. The Hall–Kier alpha value is -2.07. The van der Waals surface area contributed by atoms with Crippen molar-refractivity contribution in [3.05, 3.63) is 60.2 Å². The van der Waals surface area contributed by atoms with Gasteiger partial charge in [-0.25, -0.2) is 0 Å². The molecule has 0 fully saturated rings. The highest BCUT2D eigenvalue weighted by Gasteiger charge is 2.03. The van der Waals surface area contributed by atoms with E-state index in [9.17, 15) is 0 Å². The Bertz CT molecular complexity index is 586. The minimum absolute atomic E-state index is 0.428. The summed E-state index contributed by atoms with van der Waals surface area (Å²) in [6.45, 7) is 1.61. The van der Waals surface area contributed by atoms with Gasteiger partial charge in [0.1, 0.15) is 10.7 Å². The molecule has 2 N–H and O–H groups in total. The van der Waals surface area contributed by atoms with Gasteiger partial charge >= 0.3 is 0 Å². The highest BCUT2D eigenvalue weighted by Crippen LogP contribution is 2.15. The number of hydrogen-bond acceptors (Lipinski definition) is 3. The van der Waals surface area contributed by atoms with E-state index >= 15 is 0 Å². The largest absolute Gasteiger partial charge is 0.494 e. The molecule has 21 heavy (non-hydrogen) atoms. The molecule has 3 nitrogen and oxygen atoms in total. The van der Waals surface area contributed by atoms with Crippen molar-refractivity contribution in [1.82, 2.24) is 0 Å². The monoisotopic (exact) mass is 300 g/mol. The number of nitrogens with zero attached hydrogens (tertiary/aromatic N) is 1. The minimum Gasteiger partial charge on any atom is -0.494 e. The number of rotatable bonds is 7. The molecule has 0 radical (unpaired) electrons. The highest BCUT2D eigenvalue weighted by molar-refractivity contribution is 7.80. The van der Waals surface area contributed by atoms with Gasteiger partial charge in [-0.1, -0.05) is 42.5 Å². The third-order valence-corrected chi connectivity index (χ3v) is 3.46. The lowest BCUT2D eigenvalue weighted by Gasteiger charge is -2.20. The van der Waals surface area contributed by atoms with Gasteiger partial charge in [-0.15, -0.1) is 0 Å². The lowest BCUT2D eigenvalue weighted by Crippen LogP contribution is -2.21. The number of nitrogens with two attached hydrogens (primary N) is 1. The van der Waals surface area contributed by atoms with E-state index in [2.05, 4.69) is 18.0 Å². The molecule has 4 heteroatoms. The van der Waals surface area contributed by atoms with Crippen LogP contribution in [0.4, 0.5) is 5.69 Å². The molecular weight excluding hydrogens is 280 g/mol. The van der Waals surface area contributed by atoms with Crippen molar-refractivity contribution < 1.29 is 4.74 Å². The molecule has 2 rings (SSSR count). The molecule has 2 aromatic carbocycles. The normalized spacial score (nSPS) is 10.1.